The Labute approximate surface area is 115 Å². The molecule has 0 amide bonds. The van der Waals surface area contributed by atoms with E-state index in [9.17, 15) is 4.79 Å². The number of ether oxygens (including phenoxy) is 1. The summed E-state index contributed by atoms with van der Waals surface area (Å²) in [5.41, 5.74) is 1.71. The zero-order valence-electron chi connectivity index (χ0n) is 10.9. The zero-order valence-corrected chi connectivity index (χ0v) is 11.7. The molecule has 3 aromatic rings. The van der Waals surface area contributed by atoms with Gasteiger partial charge in [-0.2, -0.15) is 0 Å². The molecular weight excluding hydrogens is 256 g/mol. The Morgan fingerprint density at radius 3 is 2.63 bits per heavy atom. The number of aryl methyl sites for hydroxylation is 1. The van der Waals surface area contributed by atoms with Gasteiger partial charge in [0.25, 0.3) is 0 Å². The number of carbonyl (C=O) groups excluding carboxylic acids is 1. The van der Waals surface area contributed by atoms with Crippen LogP contribution in [0.2, 0.25) is 0 Å². The fraction of sp³-hybridized carbons (Fsp3) is 0.188. The summed E-state index contributed by atoms with van der Waals surface area (Å²) in [6.07, 6.45) is 0. The number of thiophene rings is 1. The summed E-state index contributed by atoms with van der Waals surface area (Å²) in [4.78, 5) is 12.2. The standard InChI is InChI=1S/C16H14O2S/c1-3-18-16(17)14-10(2)11-6-4-5-7-12(11)15-13(14)8-9-19-15/h4-9H,3H2,1-2H3. The van der Waals surface area contributed by atoms with E-state index in [4.69, 9.17) is 4.74 Å². The van der Waals surface area contributed by atoms with Gasteiger partial charge in [0.15, 0.2) is 0 Å². The summed E-state index contributed by atoms with van der Waals surface area (Å²) in [7, 11) is 0. The maximum absolute atomic E-state index is 12.2. The Balaban J connectivity index is 2.44. The molecule has 0 atom stereocenters. The average Bonchev–Trinajstić information content (AvgIpc) is 2.88. The molecule has 0 N–H and O–H groups in total. The lowest BCUT2D eigenvalue weighted by Gasteiger charge is -2.11. The number of benzene rings is 2. The van der Waals surface area contributed by atoms with E-state index < -0.39 is 0 Å². The third-order valence-corrected chi connectivity index (χ3v) is 4.31. The first-order chi connectivity index (χ1) is 9.24. The second-order valence-electron chi connectivity index (χ2n) is 4.43. The summed E-state index contributed by atoms with van der Waals surface area (Å²) in [5, 5.41) is 5.36. The maximum atomic E-state index is 12.2. The van der Waals surface area contributed by atoms with Crippen molar-refractivity contribution in [3.63, 3.8) is 0 Å². The van der Waals surface area contributed by atoms with E-state index in [1.807, 2.05) is 37.4 Å². The van der Waals surface area contributed by atoms with Crippen LogP contribution < -0.4 is 0 Å². The van der Waals surface area contributed by atoms with Gasteiger partial charge in [-0.25, -0.2) is 4.79 Å². The monoisotopic (exact) mass is 270 g/mol. The van der Waals surface area contributed by atoms with Gasteiger partial charge in [-0.05, 0) is 41.6 Å². The average molecular weight is 270 g/mol. The predicted molar refractivity (Wildman–Crippen MR) is 80.0 cm³/mol. The lowest BCUT2D eigenvalue weighted by molar-refractivity contribution is 0.0528. The molecule has 2 nitrogen and oxygen atoms in total. The molecule has 0 spiro atoms. The molecule has 0 bridgehead atoms. The second kappa shape index (κ2) is 4.67. The van der Waals surface area contributed by atoms with Crippen LogP contribution in [0.25, 0.3) is 20.9 Å². The smallest absolute Gasteiger partial charge is 0.339 e. The highest BCUT2D eigenvalue weighted by molar-refractivity contribution is 7.18. The number of rotatable bonds is 2. The van der Waals surface area contributed by atoms with Crippen LogP contribution in [-0.2, 0) is 4.74 Å². The Hall–Kier alpha value is -1.87. The number of hydrogen-bond donors (Lipinski definition) is 0. The zero-order chi connectivity index (χ0) is 13.4. The Kier molecular flexibility index (Phi) is 2.99. The van der Waals surface area contributed by atoms with Crippen molar-refractivity contribution in [2.75, 3.05) is 6.61 Å². The molecule has 0 radical (unpaired) electrons. The lowest BCUT2D eigenvalue weighted by atomic mass is 9.97. The molecule has 0 aliphatic rings. The van der Waals surface area contributed by atoms with Gasteiger partial charge in [0.1, 0.15) is 0 Å². The van der Waals surface area contributed by atoms with Crippen LogP contribution in [0.4, 0.5) is 0 Å². The van der Waals surface area contributed by atoms with E-state index in [2.05, 4.69) is 12.1 Å². The highest BCUT2D eigenvalue weighted by atomic mass is 32.1. The minimum Gasteiger partial charge on any atom is -0.462 e. The molecule has 0 unspecified atom stereocenters. The third-order valence-electron chi connectivity index (χ3n) is 3.36. The van der Waals surface area contributed by atoms with Crippen molar-refractivity contribution in [2.24, 2.45) is 0 Å². The van der Waals surface area contributed by atoms with Crippen LogP contribution in [0.15, 0.2) is 35.7 Å². The summed E-state index contributed by atoms with van der Waals surface area (Å²) < 4.78 is 6.36. The van der Waals surface area contributed by atoms with Crippen molar-refractivity contribution in [1.29, 1.82) is 0 Å². The third kappa shape index (κ3) is 1.81. The van der Waals surface area contributed by atoms with Crippen molar-refractivity contribution < 1.29 is 9.53 Å². The number of hydrogen-bond acceptors (Lipinski definition) is 3. The molecule has 0 aliphatic heterocycles. The molecule has 2 aromatic carbocycles. The normalized spacial score (nSPS) is 11.1. The van der Waals surface area contributed by atoms with E-state index >= 15 is 0 Å². The van der Waals surface area contributed by atoms with Gasteiger partial charge in [0.2, 0.25) is 0 Å². The first-order valence-electron chi connectivity index (χ1n) is 6.29. The predicted octanol–water partition coefficient (Wildman–Crippen LogP) is 4.54. The highest BCUT2D eigenvalue weighted by Crippen LogP contribution is 2.36. The van der Waals surface area contributed by atoms with Crippen LogP contribution in [0, 0.1) is 6.92 Å². The van der Waals surface area contributed by atoms with Crippen LogP contribution in [0.5, 0.6) is 0 Å². The van der Waals surface area contributed by atoms with Crippen molar-refractivity contribution in [2.45, 2.75) is 13.8 Å². The first-order valence-corrected chi connectivity index (χ1v) is 7.17. The van der Waals surface area contributed by atoms with Gasteiger partial charge < -0.3 is 4.74 Å². The second-order valence-corrected chi connectivity index (χ2v) is 5.35. The van der Waals surface area contributed by atoms with Crippen molar-refractivity contribution in [3.8, 4) is 0 Å². The molecule has 96 valence electrons. The van der Waals surface area contributed by atoms with Gasteiger partial charge in [-0.3, -0.25) is 0 Å². The van der Waals surface area contributed by atoms with Gasteiger partial charge in [-0.1, -0.05) is 24.3 Å². The van der Waals surface area contributed by atoms with Crippen molar-refractivity contribution in [1.82, 2.24) is 0 Å². The summed E-state index contributed by atoms with van der Waals surface area (Å²) in [5.74, 6) is -0.228. The number of carbonyl (C=O) groups is 1. The van der Waals surface area contributed by atoms with Crippen LogP contribution in [0.1, 0.15) is 22.8 Å². The van der Waals surface area contributed by atoms with Crippen molar-refractivity contribution >= 4 is 38.2 Å². The minimum atomic E-state index is -0.228. The molecule has 1 aromatic heterocycles. The molecule has 0 fully saturated rings. The fourth-order valence-corrected chi connectivity index (χ4v) is 3.47. The summed E-state index contributed by atoms with van der Waals surface area (Å²) >= 11 is 1.67. The topological polar surface area (TPSA) is 26.3 Å². The highest BCUT2D eigenvalue weighted by Gasteiger charge is 2.18. The molecule has 19 heavy (non-hydrogen) atoms. The van der Waals surface area contributed by atoms with E-state index in [0.29, 0.717) is 12.2 Å². The quantitative estimate of drug-likeness (QED) is 0.639. The molecule has 0 saturated heterocycles. The van der Waals surface area contributed by atoms with E-state index in [0.717, 1.165) is 21.0 Å². The molecule has 0 aliphatic carbocycles. The minimum absolute atomic E-state index is 0.228. The number of fused-ring (bicyclic) bond motifs is 3. The Morgan fingerprint density at radius 1 is 1.16 bits per heavy atom. The van der Waals surface area contributed by atoms with Crippen LogP contribution >= 0.6 is 11.3 Å². The van der Waals surface area contributed by atoms with E-state index in [-0.39, 0.29) is 5.97 Å². The summed E-state index contributed by atoms with van der Waals surface area (Å²) in [6, 6.07) is 10.2. The van der Waals surface area contributed by atoms with Gasteiger partial charge in [0, 0.05) is 10.1 Å². The van der Waals surface area contributed by atoms with Crippen molar-refractivity contribution in [3.05, 3.63) is 46.8 Å². The van der Waals surface area contributed by atoms with Gasteiger partial charge in [-0.15, -0.1) is 11.3 Å². The number of esters is 1. The largest absolute Gasteiger partial charge is 0.462 e. The molecule has 3 heteroatoms. The molecule has 1 heterocycles. The van der Waals surface area contributed by atoms with E-state index in [1.54, 1.807) is 11.3 Å². The van der Waals surface area contributed by atoms with Crippen LogP contribution in [-0.4, -0.2) is 12.6 Å². The molecule has 0 saturated carbocycles. The molecular formula is C16H14O2S. The van der Waals surface area contributed by atoms with Gasteiger partial charge in [0.05, 0.1) is 12.2 Å². The van der Waals surface area contributed by atoms with Gasteiger partial charge >= 0.3 is 5.97 Å². The summed E-state index contributed by atoms with van der Waals surface area (Å²) in [6.45, 7) is 4.22. The Bertz CT molecular complexity index is 771. The van der Waals surface area contributed by atoms with Crippen LogP contribution in [0.3, 0.4) is 0 Å². The van der Waals surface area contributed by atoms with E-state index in [1.165, 1.54) is 5.39 Å². The fourth-order valence-electron chi connectivity index (χ4n) is 2.53. The molecule has 3 rings (SSSR count). The maximum Gasteiger partial charge on any atom is 0.339 e. The first kappa shape index (κ1) is 12.2. The SMILES string of the molecule is CCOC(=O)c1c(C)c2ccccc2c2sccc12. The Morgan fingerprint density at radius 2 is 1.89 bits per heavy atom. The lowest BCUT2D eigenvalue weighted by Crippen LogP contribution is -2.07.